The Morgan fingerprint density at radius 3 is 2.40 bits per heavy atom. The normalized spacial score (nSPS) is 11.2. The van der Waals surface area contributed by atoms with Crippen molar-refractivity contribution < 1.29 is 4.79 Å². The second-order valence-electron chi connectivity index (χ2n) is 4.46. The van der Waals surface area contributed by atoms with Crippen LogP contribution in [0.25, 0.3) is 0 Å². The van der Waals surface area contributed by atoms with Gasteiger partial charge in [-0.15, -0.1) is 0 Å². The lowest BCUT2D eigenvalue weighted by Crippen LogP contribution is -2.20. The number of benzene rings is 2. The third-order valence-corrected chi connectivity index (χ3v) is 3.51. The molecule has 4 heteroatoms. The van der Waals surface area contributed by atoms with Crippen LogP contribution in [0, 0.1) is 6.92 Å². The highest BCUT2D eigenvalue weighted by Crippen LogP contribution is 2.11. The smallest absolute Gasteiger partial charge is 0.267 e. The highest BCUT2D eigenvalue weighted by atomic mass is 79.9. The number of nitrogens with zero attached hydrogens (tertiary/aromatic N) is 1. The fraction of sp³-hybridized carbons (Fsp3) is 0.125. The molecule has 3 nitrogen and oxygen atoms in total. The van der Waals surface area contributed by atoms with Crippen molar-refractivity contribution in [1.29, 1.82) is 0 Å². The zero-order chi connectivity index (χ0) is 14.5. The minimum absolute atomic E-state index is 0.195. The van der Waals surface area contributed by atoms with E-state index in [0.717, 1.165) is 21.3 Å². The number of hydrogen-bond acceptors (Lipinski definition) is 2. The first-order chi connectivity index (χ1) is 9.58. The molecule has 0 radical (unpaired) electrons. The Morgan fingerprint density at radius 2 is 1.75 bits per heavy atom. The minimum Gasteiger partial charge on any atom is -0.267 e. The van der Waals surface area contributed by atoms with Crippen LogP contribution in [-0.2, 0) is 0 Å². The third kappa shape index (κ3) is 3.54. The second kappa shape index (κ2) is 6.48. The zero-order valence-corrected chi connectivity index (χ0v) is 12.9. The van der Waals surface area contributed by atoms with Gasteiger partial charge in [0.2, 0.25) is 0 Å². The van der Waals surface area contributed by atoms with Gasteiger partial charge < -0.3 is 0 Å². The van der Waals surface area contributed by atoms with Gasteiger partial charge in [0.05, 0.1) is 5.71 Å². The van der Waals surface area contributed by atoms with Gasteiger partial charge in [-0.05, 0) is 43.2 Å². The van der Waals surface area contributed by atoms with Gasteiger partial charge in [0.1, 0.15) is 0 Å². The molecular formula is C16H15BrN2O. The summed E-state index contributed by atoms with van der Waals surface area (Å²) in [4.78, 5) is 12.0. The highest BCUT2D eigenvalue weighted by Gasteiger charge is 2.07. The predicted octanol–water partition coefficient (Wildman–Crippen LogP) is 3.91. The molecule has 0 atom stereocenters. The summed E-state index contributed by atoms with van der Waals surface area (Å²) in [6.45, 7) is 3.77. The van der Waals surface area contributed by atoms with Crippen molar-refractivity contribution in [3.8, 4) is 0 Å². The number of halogens is 1. The summed E-state index contributed by atoms with van der Waals surface area (Å²) in [5.74, 6) is -0.195. The Labute approximate surface area is 126 Å². The van der Waals surface area contributed by atoms with Crippen molar-refractivity contribution in [3.05, 3.63) is 69.7 Å². The summed E-state index contributed by atoms with van der Waals surface area (Å²) < 4.78 is 1.01. The first-order valence-electron chi connectivity index (χ1n) is 6.24. The molecule has 0 heterocycles. The molecule has 0 saturated carbocycles. The maximum absolute atomic E-state index is 12.0. The molecule has 2 aromatic carbocycles. The van der Waals surface area contributed by atoms with Gasteiger partial charge in [0.25, 0.3) is 5.91 Å². The predicted molar refractivity (Wildman–Crippen MR) is 85.0 cm³/mol. The van der Waals surface area contributed by atoms with Crippen LogP contribution in [0.2, 0.25) is 0 Å². The highest BCUT2D eigenvalue weighted by molar-refractivity contribution is 9.10. The van der Waals surface area contributed by atoms with Gasteiger partial charge in [0, 0.05) is 10.0 Å². The molecule has 0 aromatic heterocycles. The minimum atomic E-state index is -0.195. The molecule has 1 amide bonds. The third-order valence-electron chi connectivity index (χ3n) is 2.98. The molecule has 0 aliphatic rings. The standard InChI is InChI=1S/C16H15BrN2O/c1-11-5-3-4-6-15(11)16(20)19-18-12(2)13-7-9-14(17)10-8-13/h3-10H,1-2H3,(H,19,20)/b18-12-. The first kappa shape index (κ1) is 14.5. The molecule has 2 aromatic rings. The lowest BCUT2D eigenvalue weighted by Gasteiger charge is -2.05. The SMILES string of the molecule is C/C(=N/NC(=O)c1ccccc1C)c1ccc(Br)cc1. The molecule has 0 saturated heterocycles. The average molecular weight is 331 g/mol. The lowest BCUT2D eigenvalue weighted by atomic mass is 10.1. The monoisotopic (exact) mass is 330 g/mol. The van der Waals surface area contributed by atoms with E-state index in [1.54, 1.807) is 6.07 Å². The molecule has 1 N–H and O–H groups in total. The number of hydrogen-bond donors (Lipinski definition) is 1. The molecule has 0 spiro atoms. The van der Waals surface area contributed by atoms with Crippen LogP contribution in [0.15, 0.2) is 58.1 Å². The van der Waals surface area contributed by atoms with Gasteiger partial charge in [-0.25, -0.2) is 5.43 Å². The van der Waals surface area contributed by atoms with Crippen molar-refractivity contribution in [1.82, 2.24) is 5.43 Å². The number of hydrazone groups is 1. The Bertz CT molecular complexity index is 648. The Kier molecular flexibility index (Phi) is 4.69. The van der Waals surface area contributed by atoms with E-state index in [9.17, 15) is 4.79 Å². The van der Waals surface area contributed by atoms with Crippen molar-refractivity contribution >= 4 is 27.5 Å². The fourth-order valence-corrected chi connectivity index (χ4v) is 2.04. The van der Waals surface area contributed by atoms with E-state index in [2.05, 4.69) is 26.5 Å². The van der Waals surface area contributed by atoms with E-state index in [4.69, 9.17) is 0 Å². The molecule has 20 heavy (non-hydrogen) atoms. The largest absolute Gasteiger partial charge is 0.271 e. The van der Waals surface area contributed by atoms with Crippen LogP contribution >= 0.6 is 15.9 Å². The summed E-state index contributed by atoms with van der Waals surface area (Å²) in [6.07, 6.45) is 0. The van der Waals surface area contributed by atoms with Crippen molar-refractivity contribution in [3.63, 3.8) is 0 Å². The Morgan fingerprint density at radius 1 is 1.10 bits per heavy atom. The van der Waals surface area contributed by atoms with Crippen LogP contribution in [-0.4, -0.2) is 11.6 Å². The molecule has 2 rings (SSSR count). The summed E-state index contributed by atoms with van der Waals surface area (Å²) in [6, 6.07) is 15.2. The number of aryl methyl sites for hydroxylation is 1. The van der Waals surface area contributed by atoms with E-state index < -0.39 is 0 Å². The van der Waals surface area contributed by atoms with Gasteiger partial charge in [-0.2, -0.15) is 5.10 Å². The summed E-state index contributed by atoms with van der Waals surface area (Å²) >= 11 is 3.39. The number of nitrogens with one attached hydrogen (secondary N) is 1. The fourth-order valence-electron chi connectivity index (χ4n) is 1.78. The average Bonchev–Trinajstić information content (AvgIpc) is 2.45. The Hall–Kier alpha value is -1.94. The topological polar surface area (TPSA) is 41.5 Å². The van der Waals surface area contributed by atoms with E-state index in [1.165, 1.54) is 0 Å². The van der Waals surface area contributed by atoms with Crippen LogP contribution in [0.4, 0.5) is 0 Å². The zero-order valence-electron chi connectivity index (χ0n) is 11.4. The molecular weight excluding hydrogens is 316 g/mol. The Balaban J connectivity index is 2.11. The number of carbonyl (C=O) groups is 1. The lowest BCUT2D eigenvalue weighted by molar-refractivity contribution is 0.0954. The first-order valence-corrected chi connectivity index (χ1v) is 7.03. The molecule has 0 aliphatic heterocycles. The van der Waals surface area contributed by atoms with Gasteiger partial charge in [0.15, 0.2) is 0 Å². The number of carbonyl (C=O) groups excluding carboxylic acids is 1. The summed E-state index contributed by atoms with van der Waals surface area (Å²) in [7, 11) is 0. The molecule has 102 valence electrons. The second-order valence-corrected chi connectivity index (χ2v) is 5.38. The van der Waals surface area contributed by atoms with Gasteiger partial charge >= 0.3 is 0 Å². The number of rotatable bonds is 3. The van der Waals surface area contributed by atoms with E-state index >= 15 is 0 Å². The summed E-state index contributed by atoms with van der Waals surface area (Å²) in [5.41, 5.74) is 5.89. The van der Waals surface area contributed by atoms with Gasteiger partial charge in [-0.1, -0.05) is 46.3 Å². The maximum atomic E-state index is 12.0. The molecule has 0 bridgehead atoms. The maximum Gasteiger partial charge on any atom is 0.271 e. The van der Waals surface area contributed by atoms with E-state index in [-0.39, 0.29) is 5.91 Å². The van der Waals surface area contributed by atoms with E-state index in [1.807, 2.05) is 56.3 Å². The van der Waals surface area contributed by atoms with Crippen LogP contribution < -0.4 is 5.43 Å². The quantitative estimate of drug-likeness (QED) is 0.672. The van der Waals surface area contributed by atoms with Gasteiger partial charge in [-0.3, -0.25) is 4.79 Å². The van der Waals surface area contributed by atoms with Crippen molar-refractivity contribution in [2.75, 3.05) is 0 Å². The van der Waals surface area contributed by atoms with Crippen LogP contribution in [0.3, 0.4) is 0 Å². The van der Waals surface area contributed by atoms with E-state index in [0.29, 0.717) is 5.56 Å². The number of amides is 1. The molecule has 0 aliphatic carbocycles. The van der Waals surface area contributed by atoms with Crippen molar-refractivity contribution in [2.45, 2.75) is 13.8 Å². The van der Waals surface area contributed by atoms with Crippen LogP contribution in [0.5, 0.6) is 0 Å². The van der Waals surface area contributed by atoms with Crippen LogP contribution in [0.1, 0.15) is 28.4 Å². The molecule has 0 unspecified atom stereocenters. The van der Waals surface area contributed by atoms with Crippen molar-refractivity contribution in [2.24, 2.45) is 5.10 Å². The molecule has 0 fully saturated rings. The summed E-state index contributed by atoms with van der Waals surface area (Å²) in [5, 5.41) is 4.14.